The molecule has 0 atom stereocenters. The van der Waals surface area contributed by atoms with Crippen LogP contribution in [0.3, 0.4) is 0 Å². The first-order valence-electron chi connectivity index (χ1n) is 9.08. The fraction of sp³-hybridized carbons (Fsp3) is 0.263. The molecule has 0 saturated heterocycles. The minimum atomic E-state index is -0.675. The third kappa shape index (κ3) is 4.37. The van der Waals surface area contributed by atoms with Crippen molar-refractivity contribution in [3.8, 4) is 0 Å². The van der Waals surface area contributed by atoms with Gasteiger partial charge in [-0.25, -0.2) is 14.9 Å². The molecule has 152 valence electrons. The Morgan fingerprint density at radius 2 is 2.17 bits per heavy atom. The average Bonchev–Trinajstić information content (AvgIpc) is 3.10. The number of nitrogens with one attached hydrogen (secondary N) is 2. The van der Waals surface area contributed by atoms with Gasteiger partial charge in [-0.3, -0.25) is 9.63 Å². The summed E-state index contributed by atoms with van der Waals surface area (Å²) >= 11 is 6.27. The number of carbonyl (C=O) groups is 1. The lowest BCUT2D eigenvalue weighted by Crippen LogP contribution is -2.26. The molecule has 10 heteroatoms. The van der Waals surface area contributed by atoms with Gasteiger partial charge in [0.2, 0.25) is 0 Å². The number of imidazole rings is 1. The molecule has 0 radical (unpaired) electrons. The molecule has 0 fully saturated rings. The molecule has 1 aromatic heterocycles. The Labute approximate surface area is 173 Å². The molecular weight excluding hydrogens is 397 g/mol. The van der Waals surface area contributed by atoms with Gasteiger partial charge in [-0.1, -0.05) is 23.1 Å². The topological polar surface area (TPSA) is 88.4 Å². The van der Waals surface area contributed by atoms with Crippen molar-refractivity contribution in [3.05, 3.63) is 47.0 Å². The molecule has 3 N–H and O–H groups in total. The van der Waals surface area contributed by atoms with E-state index in [0.717, 1.165) is 5.46 Å². The number of hydroxylamine groups is 1. The number of amides is 1. The van der Waals surface area contributed by atoms with Gasteiger partial charge in [0, 0.05) is 6.04 Å². The summed E-state index contributed by atoms with van der Waals surface area (Å²) < 4.78 is 17.2. The highest BCUT2D eigenvalue weighted by molar-refractivity contribution is 6.37. The molecule has 2 aromatic carbocycles. The number of halogens is 2. The van der Waals surface area contributed by atoms with E-state index >= 15 is 4.39 Å². The van der Waals surface area contributed by atoms with Gasteiger partial charge in [0.1, 0.15) is 13.4 Å². The zero-order valence-electron chi connectivity index (χ0n) is 16.3. The smallest absolute Gasteiger partial charge is 0.277 e. The Kier molecular flexibility index (Phi) is 6.41. The minimum absolute atomic E-state index is 0.0197. The lowest BCUT2D eigenvalue weighted by Gasteiger charge is -2.16. The highest BCUT2D eigenvalue weighted by Gasteiger charge is 2.23. The van der Waals surface area contributed by atoms with Crippen molar-refractivity contribution in [2.45, 2.75) is 19.9 Å². The van der Waals surface area contributed by atoms with Crippen LogP contribution < -0.4 is 16.3 Å². The quantitative estimate of drug-likeness (QED) is 0.311. The summed E-state index contributed by atoms with van der Waals surface area (Å²) in [5.74, 6) is -1.34. The highest BCUT2D eigenvalue weighted by atomic mass is 35.5. The predicted octanol–water partition coefficient (Wildman–Crippen LogP) is 2.07. The zero-order valence-corrected chi connectivity index (χ0v) is 17.0. The first kappa shape index (κ1) is 21.1. The summed E-state index contributed by atoms with van der Waals surface area (Å²) in [4.78, 5) is 21.8. The van der Waals surface area contributed by atoms with Crippen LogP contribution in [0.2, 0.25) is 5.02 Å². The maximum atomic E-state index is 15.4. The number of aliphatic hydroxyl groups excluding tert-OH is 1. The van der Waals surface area contributed by atoms with Gasteiger partial charge in [0.25, 0.3) is 5.91 Å². The SMILES string of the molecule is Bc1ccc(Nc2c(C(=O)NOCCO)cc3c(ncn3C(C)C)c2F)c(Cl)c1. The standard InChI is InChI=1S/C19H21BClFN4O3/c1-10(2)26-9-23-18-15(26)8-12(19(28)25-29-6-5-27)17(16(18)22)24-14-4-3-11(20)7-13(14)21/h3-4,7-10,24,27H,5-6,20H2,1-2H3,(H,25,28). The monoisotopic (exact) mass is 418 g/mol. The summed E-state index contributed by atoms with van der Waals surface area (Å²) in [5.41, 5.74) is 4.18. The van der Waals surface area contributed by atoms with E-state index in [1.165, 1.54) is 6.33 Å². The van der Waals surface area contributed by atoms with Gasteiger partial charge in [-0.15, -0.1) is 0 Å². The maximum absolute atomic E-state index is 15.4. The number of anilines is 2. The second-order valence-corrected chi connectivity index (χ2v) is 7.25. The number of carbonyl (C=O) groups excluding carboxylic acids is 1. The molecule has 0 bridgehead atoms. The van der Waals surface area contributed by atoms with Crippen molar-refractivity contribution in [1.29, 1.82) is 0 Å². The summed E-state index contributed by atoms with van der Waals surface area (Å²) in [7, 11) is 1.89. The van der Waals surface area contributed by atoms with E-state index in [4.69, 9.17) is 21.5 Å². The molecule has 0 aliphatic rings. The molecule has 0 saturated carbocycles. The van der Waals surface area contributed by atoms with Gasteiger partial charge in [-0.05, 0) is 32.0 Å². The number of aliphatic hydroxyl groups is 1. The lowest BCUT2D eigenvalue weighted by atomic mass is 9.96. The van der Waals surface area contributed by atoms with Crippen molar-refractivity contribution < 1.29 is 19.1 Å². The molecule has 1 heterocycles. The number of benzene rings is 2. The van der Waals surface area contributed by atoms with Gasteiger partial charge in [0.15, 0.2) is 5.82 Å². The van der Waals surface area contributed by atoms with Gasteiger partial charge < -0.3 is 15.0 Å². The van der Waals surface area contributed by atoms with Crippen LogP contribution >= 0.6 is 11.6 Å². The maximum Gasteiger partial charge on any atom is 0.277 e. The first-order valence-corrected chi connectivity index (χ1v) is 9.46. The number of hydrogen-bond acceptors (Lipinski definition) is 5. The lowest BCUT2D eigenvalue weighted by molar-refractivity contribution is 0.0169. The van der Waals surface area contributed by atoms with Gasteiger partial charge in [-0.2, -0.15) is 0 Å². The van der Waals surface area contributed by atoms with Crippen LogP contribution in [0.5, 0.6) is 0 Å². The molecule has 3 aromatic rings. The van der Waals surface area contributed by atoms with Crippen molar-refractivity contribution in [3.63, 3.8) is 0 Å². The number of nitrogens with zero attached hydrogens (tertiary/aromatic N) is 2. The van der Waals surface area contributed by atoms with Crippen molar-refractivity contribution in [2.75, 3.05) is 18.5 Å². The van der Waals surface area contributed by atoms with Gasteiger partial charge >= 0.3 is 0 Å². The minimum Gasteiger partial charge on any atom is -0.394 e. The molecular formula is C19H21BClFN4O3. The Morgan fingerprint density at radius 1 is 1.41 bits per heavy atom. The molecule has 1 amide bonds. The van der Waals surface area contributed by atoms with Crippen LogP contribution in [0.1, 0.15) is 30.2 Å². The van der Waals surface area contributed by atoms with Crippen molar-refractivity contribution in [1.82, 2.24) is 15.0 Å². The van der Waals surface area contributed by atoms with E-state index in [1.54, 1.807) is 22.8 Å². The largest absolute Gasteiger partial charge is 0.394 e. The first-order chi connectivity index (χ1) is 13.8. The molecule has 0 unspecified atom stereocenters. The van der Waals surface area contributed by atoms with Crippen LogP contribution in [0.15, 0.2) is 30.6 Å². The Bertz CT molecular complexity index is 1060. The molecule has 0 aliphatic carbocycles. The van der Waals surface area contributed by atoms with Crippen LogP contribution in [0, 0.1) is 5.82 Å². The van der Waals surface area contributed by atoms with Crippen LogP contribution in [0.4, 0.5) is 15.8 Å². The van der Waals surface area contributed by atoms with E-state index < -0.39 is 11.7 Å². The summed E-state index contributed by atoms with van der Waals surface area (Å²) in [6.07, 6.45) is 1.53. The van der Waals surface area contributed by atoms with Crippen molar-refractivity contribution in [2.24, 2.45) is 0 Å². The van der Waals surface area contributed by atoms with E-state index in [-0.39, 0.29) is 36.0 Å². The molecule has 29 heavy (non-hydrogen) atoms. The number of aromatic nitrogens is 2. The van der Waals surface area contributed by atoms with Crippen LogP contribution in [0.25, 0.3) is 11.0 Å². The normalized spacial score (nSPS) is 11.2. The second-order valence-electron chi connectivity index (χ2n) is 6.84. The summed E-state index contributed by atoms with van der Waals surface area (Å²) in [6.45, 7) is 3.51. The molecule has 7 nitrogen and oxygen atoms in total. The van der Waals surface area contributed by atoms with E-state index in [0.29, 0.717) is 16.2 Å². The van der Waals surface area contributed by atoms with Crippen LogP contribution in [-0.2, 0) is 4.84 Å². The van der Waals surface area contributed by atoms with E-state index in [2.05, 4.69) is 15.8 Å². The zero-order chi connectivity index (χ0) is 21.1. The van der Waals surface area contributed by atoms with Crippen molar-refractivity contribution >= 4 is 53.2 Å². The fourth-order valence-electron chi connectivity index (χ4n) is 2.91. The summed E-state index contributed by atoms with van der Waals surface area (Å²) in [5, 5.41) is 12.1. The highest BCUT2D eigenvalue weighted by Crippen LogP contribution is 2.33. The van der Waals surface area contributed by atoms with E-state index in [9.17, 15) is 4.79 Å². The Morgan fingerprint density at radius 3 is 2.83 bits per heavy atom. The number of hydrogen-bond donors (Lipinski definition) is 3. The molecule has 0 spiro atoms. The van der Waals surface area contributed by atoms with Crippen LogP contribution in [-0.4, -0.2) is 41.6 Å². The second kappa shape index (κ2) is 8.81. The Hall–Kier alpha value is -2.62. The molecule has 3 rings (SSSR count). The Balaban J connectivity index is 2.13. The third-order valence-corrected chi connectivity index (χ3v) is 4.67. The third-order valence-electron chi connectivity index (χ3n) is 4.35. The van der Waals surface area contributed by atoms with E-state index in [1.807, 2.05) is 27.8 Å². The van der Waals surface area contributed by atoms with Gasteiger partial charge in [0.05, 0.1) is 47.0 Å². The molecule has 0 aliphatic heterocycles. The summed E-state index contributed by atoms with van der Waals surface area (Å²) in [6, 6.07) is 6.83. The number of fused-ring (bicyclic) bond motifs is 1. The number of rotatable bonds is 7. The predicted molar refractivity (Wildman–Crippen MR) is 113 cm³/mol. The average molecular weight is 419 g/mol. The fourth-order valence-corrected chi connectivity index (χ4v) is 3.20.